The van der Waals surface area contributed by atoms with E-state index in [2.05, 4.69) is 20.2 Å². The zero-order valence-electron chi connectivity index (χ0n) is 12.0. The van der Waals surface area contributed by atoms with Gasteiger partial charge < -0.3 is 10.2 Å². The van der Waals surface area contributed by atoms with Gasteiger partial charge in [-0.2, -0.15) is 13.2 Å². The summed E-state index contributed by atoms with van der Waals surface area (Å²) >= 11 is 0. The number of aryl methyl sites for hydroxylation is 1. The highest BCUT2D eigenvalue weighted by atomic mass is 19.4. The van der Waals surface area contributed by atoms with Gasteiger partial charge in [-0.1, -0.05) is 0 Å². The van der Waals surface area contributed by atoms with Crippen molar-refractivity contribution in [2.45, 2.75) is 32.4 Å². The van der Waals surface area contributed by atoms with E-state index in [-0.39, 0.29) is 0 Å². The molecule has 1 aromatic rings. The van der Waals surface area contributed by atoms with E-state index in [0.717, 1.165) is 51.1 Å². The van der Waals surface area contributed by atoms with Crippen molar-refractivity contribution in [1.82, 2.24) is 15.3 Å². The van der Waals surface area contributed by atoms with Crippen LogP contribution in [0.4, 0.5) is 18.9 Å². The monoisotopic (exact) mass is 300 g/mol. The summed E-state index contributed by atoms with van der Waals surface area (Å²) in [5, 5.41) is 3.36. The van der Waals surface area contributed by atoms with Crippen LogP contribution < -0.4 is 10.2 Å². The highest BCUT2D eigenvalue weighted by molar-refractivity contribution is 5.50. The van der Waals surface area contributed by atoms with Crippen LogP contribution in [0.2, 0.25) is 0 Å². The first-order valence-corrected chi connectivity index (χ1v) is 7.26. The molecule has 1 N–H and O–H groups in total. The Bertz CT molecular complexity index is 523. The van der Waals surface area contributed by atoms with E-state index in [9.17, 15) is 13.2 Å². The van der Waals surface area contributed by atoms with Gasteiger partial charge in [0.25, 0.3) is 0 Å². The highest BCUT2D eigenvalue weighted by Crippen LogP contribution is 2.41. The van der Waals surface area contributed by atoms with Gasteiger partial charge in [0.05, 0.1) is 17.6 Å². The Balaban J connectivity index is 1.79. The van der Waals surface area contributed by atoms with Crippen molar-refractivity contribution in [3.8, 4) is 0 Å². The van der Waals surface area contributed by atoms with Crippen LogP contribution >= 0.6 is 0 Å². The van der Waals surface area contributed by atoms with E-state index >= 15 is 0 Å². The van der Waals surface area contributed by atoms with Gasteiger partial charge in [0.2, 0.25) is 5.82 Å². The van der Waals surface area contributed by atoms with E-state index in [0.29, 0.717) is 11.1 Å². The van der Waals surface area contributed by atoms with E-state index in [1.807, 2.05) is 0 Å². The van der Waals surface area contributed by atoms with Gasteiger partial charge in [0, 0.05) is 13.1 Å². The summed E-state index contributed by atoms with van der Waals surface area (Å²) in [5.41, 5.74) is 1.45. The van der Waals surface area contributed by atoms with Gasteiger partial charge in [-0.15, -0.1) is 0 Å². The lowest BCUT2D eigenvalue weighted by Crippen LogP contribution is -2.38. The fraction of sp³-hybridized carbons (Fsp3) is 0.714. The number of piperidine rings is 1. The van der Waals surface area contributed by atoms with Crippen molar-refractivity contribution in [3.63, 3.8) is 0 Å². The summed E-state index contributed by atoms with van der Waals surface area (Å²) in [5.74, 6) is -1.06. The smallest absolute Gasteiger partial charge is 0.368 e. The van der Waals surface area contributed by atoms with E-state index in [1.54, 1.807) is 6.92 Å². The summed E-state index contributed by atoms with van der Waals surface area (Å²) in [7, 11) is 0. The zero-order valence-corrected chi connectivity index (χ0v) is 12.0. The highest BCUT2D eigenvalue weighted by Gasteiger charge is 2.40. The third kappa shape index (κ3) is 2.84. The average molecular weight is 300 g/mol. The van der Waals surface area contributed by atoms with Crippen LogP contribution in [-0.2, 0) is 6.18 Å². The van der Waals surface area contributed by atoms with Crippen LogP contribution in [0, 0.1) is 12.3 Å². The molecule has 2 saturated heterocycles. The Morgan fingerprint density at radius 2 is 1.95 bits per heavy atom. The molecular formula is C14H19F3N4. The van der Waals surface area contributed by atoms with Crippen molar-refractivity contribution in [2.75, 3.05) is 31.1 Å². The van der Waals surface area contributed by atoms with E-state index < -0.39 is 12.0 Å². The normalized spacial score (nSPS) is 22.0. The fourth-order valence-corrected chi connectivity index (χ4v) is 3.41. The van der Waals surface area contributed by atoms with Crippen molar-refractivity contribution in [1.29, 1.82) is 0 Å². The maximum atomic E-state index is 12.6. The van der Waals surface area contributed by atoms with Crippen molar-refractivity contribution < 1.29 is 13.2 Å². The number of rotatable bonds is 1. The van der Waals surface area contributed by atoms with Crippen LogP contribution in [0.15, 0.2) is 6.20 Å². The van der Waals surface area contributed by atoms with Gasteiger partial charge in [-0.3, -0.25) is 0 Å². The molecule has 3 heterocycles. The second-order valence-corrected chi connectivity index (χ2v) is 6.08. The summed E-state index contributed by atoms with van der Waals surface area (Å²) in [4.78, 5) is 9.27. The topological polar surface area (TPSA) is 41.1 Å². The van der Waals surface area contributed by atoms with Crippen molar-refractivity contribution in [2.24, 2.45) is 5.41 Å². The molecule has 0 unspecified atom stereocenters. The summed E-state index contributed by atoms with van der Waals surface area (Å²) in [6.45, 7) is 5.44. The molecule has 2 aliphatic rings. The van der Waals surface area contributed by atoms with E-state index in [4.69, 9.17) is 0 Å². The lowest BCUT2D eigenvalue weighted by molar-refractivity contribution is -0.145. The Morgan fingerprint density at radius 3 is 2.57 bits per heavy atom. The molecular weight excluding hydrogens is 281 g/mol. The van der Waals surface area contributed by atoms with Gasteiger partial charge in [-0.05, 0) is 44.7 Å². The van der Waals surface area contributed by atoms with Crippen molar-refractivity contribution in [3.05, 3.63) is 17.7 Å². The number of alkyl halides is 3. The second-order valence-electron chi connectivity index (χ2n) is 6.08. The minimum Gasteiger partial charge on any atom is -0.368 e. The molecule has 0 amide bonds. The van der Waals surface area contributed by atoms with Crippen molar-refractivity contribution >= 4 is 5.69 Å². The molecule has 1 spiro atoms. The molecule has 2 fully saturated rings. The van der Waals surface area contributed by atoms with Crippen LogP contribution in [0.1, 0.15) is 30.8 Å². The molecule has 1 aromatic heterocycles. The third-order valence-corrected chi connectivity index (χ3v) is 4.65. The summed E-state index contributed by atoms with van der Waals surface area (Å²) < 4.78 is 37.9. The van der Waals surface area contributed by atoms with E-state index in [1.165, 1.54) is 6.20 Å². The maximum absolute atomic E-state index is 12.6. The average Bonchev–Trinajstić information content (AvgIpc) is 2.82. The molecule has 0 aromatic carbocycles. The molecule has 0 saturated carbocycles. The third-order valence-electron chi connectivity index (χ3n) is 4.65. The molecule has 116 valence electrons. The molecule has 2 aliphatic heterocycles. The standard InChI is InChI=1S/C14H19F3N4/c1-10-11(8-19-12(20-10)14(15,16)17)21-7-4-13(9-21)2-5-18-6-3-13/h8,18H,2-7,9H2,1H3. The minimum atomic E-state index is -4.48. The second kappa shape index (κ2) is 5.12. The molecule has 7 heteroatoms. The molecule has 0 atom stereocenters. The van der Waals surface area contributed by atoms with Crippen LogP contribution in [-0.4, -0.2) is 36.1 Å². The quantitative estimate of drug-likeness (QED) is 0.864. The van der Waals surface area contributed by atoms with Gasteiger partial charge >= 0.3 is 6.18 Å². The first kappa shape index (κ1) is 14.6. The van der Waals surface area contributed by atoms with Gasteiger partial charge in [-0.25, -0.2) is 9.97 Å². The van der Waals surface area contributed by atoms with Gasteiger partial charge in [0.1, 0.15) is 0 Å². The van der Waals surface area contributed by atoms with Gasteiger partial charge in [0.15, 0.2) is 0 Å². The van der Waals surface area contributed by atoms with Crippen LogP contribution in [0.25, 0.3) is 0 Å². The Labute approximate surface area is 121 Å². The maximum Gasteiger partial charge on any atom is 0.451 e. The summed E-state index contributed by atoms with van der Waals surface area (Å²) in [6.07, 6.45) is 0.193. The number of nitrogens with one attached hydrogen (secondary N) is 1. The number of aromatic nitrogens is 2. The lowest BCUT2D eigenvalue weighted by atomic mass is 9.78. The molecule has 3 rings (SSSR count). The largest absolute Gasteiger partial charge is 0.451 e. The first-order valence-electron chi connectivity index (χ1n) is 7.26. The summed E-state index contributed by atoms with van der Waals surface area (Å²) in [6, 6.07) is 0. The first-order chi connectivity index (χ1) is 9.90. The Kier molecular flexibility index (Phi) is 3.55. The molecule has 0 radical (unpaired) electrons. The SMILES string of the molecule is Cc1nc(C(F)(F)F)ncc1N1CCC2(CCNCC2)C1. The number of anilines is 1. The Morgan fingerprint density at radius 1 is 1.24 bits per heavy atom. The number of halogens is 3. The molecule has 4 nitrogen and oxygen atoms in total. The van der Waals surface area contributed by atoms with Crippen LogP contribution in [0.5, 0.6) is 0 Å². The zero-order chi connectivity index (χ0) is 15.1. The predicted octanol–water partition coefficient (Wildman–Crippen LogP) is 2.38. The number of hydrogen-bond donors (Lipinski definition) is 1. The molecule has 21 heavy (non-hydrogen) atoms. The Hall–Kier alpha value is -1.37. The lowest BCUT2D eigenvalue weighted by Gasteiger charge is -2.34. The molecule has 0 aliphatic carbocycles. The number of hydrogen-bond acceptors (Lipinski definition) is 4. The fourth-order valence-electron chi connectivity index (χ4n) is 3.41. The van der Waals surface area contributed by atoms with Crippen LogP contribution in [0.3, 0.4) is 0 Å². The molecule has 0 bridgehead atoms. The minimum absolute atomic E-state index is 0.306. The number of nitrogens with zero attached hydrogens (tertiary/aromatic N) is 3. The predicted molar refractivity (Wildman–Crippen MR) is 73.1 cm³/mol.